The molecule has 1 aromatic rings. The number of urea groups is 1. The molecular formula is C15H24N2O4. The van der Waals surface area contributed by atoms with Gasteiger partial charge in [0.25, 0.3) is 0 Å². The van der Waals surface area contributed by atoms with Crippen LogP contribution in [0.2, 0.25) is 0 Å². The van der Waals surface area contributed by atoms with E-state index in [-0.39, 0.29) is 6.04 Å². The Morgan fingerprint density at radius 2 is 1.81 bits per heavy atom. The second kappa shape index (κ2) is 6.20. The zero-order valence-corrected chi connectivity index (χ0v) is 13.4. The summed E-state index contributed by atoms with van der Waals surface area (Å²) in [5, 5.41) is 14.4. The first-order chi connectivity index (χ1) is 9.52. The number of carbonyl (C=O) groups is 2. The molecule has 0 aliphatic rings. The van der Waals surface area contributed by atoms with Crippen LogP contribution in [0.25, 0.3) is 0 Å². The van der Waals surface area contributed by atoms with Gasteiger partial charge >= 0.3 is 12.0 Å². The second-order valence-corrected chi connectivity index (χ2v) is 6.35. The number of rotatable bonds is 4. The highest BCUT2D eigenvalue weighted by Crippen LogP contribution is 2.22. The van der Waals surface area contributed by atoms with Crippen molar-refractivity contribution >= 4 is 12.0 Å². The van der Waals surface area contributed by atoms with E-state index in [0.717, 1.165) is 17.1 Å². The Labute approximate surface area is 124 Å². The molecule has 2 amide bonds. The Hall–Kier alpha value is -1.98. The maximum Gasteiger partial charge on any atom is 0.326 e. The van der Waals surface area contributed by atoms with Gasteiger partial charge in [-0.15, -0.1) is 0 Å². The lowest BCUT2D eigenvalue weighted by molar-refractivity contribution is -0.141. The third-order valence-corrected chi connectivity index (χ3v) is 3.28. The molecule has 0 fully saturated rings. The van der Waals surface area contributed by atoms with E-state index >= 15 is 0 Å². The molecule has 6 nitrogen and oxygen atoms in total. The van der Waals surface area contributed by atoms with E-state index in [1.807, 2.05) is 26.8 Å². The molecular weight excluding hydrogens is 272 g/mol. The molecule has 0 aliphatic carbocycles. The smallest absolute Gasteiger partial charge is 0.326 e. The van der Waals surface area contributed by atoms with Crippen LogP contribution in [0.5, 0.6) is 0 Å². The van der Waals surface area contributed by atoms with Crippen LogP contribution in [0.4, 0.5) is 4.79 Å². The molecule has 2 atom stereocenters. The van der Waals surface area contributed by atoms with E-state index < -0.39 is 23.5 Å². The van der Waals surface area contributed by atoms with Gasteiger partial charge in [-0.05, 0) is 32.3 Å². The Morgan fingerprint density at radius 3 is 2.19 bits per heavy atom. The molecule has 0 spiro atoms. The summed E-state index contributed by atoms with van der Waals surface area (Å²) in [6.45, 7) is 10.8. The number of amides is 2. The fourth-order valence-corrected chi connectivity index (χ4v) is 2.18. The van der Waals surface area contributed by atoms with Crippen LogP contribution in [-0.2, 0) is 4.79 Å². The third-order valence-electron chi connectivity index (χ3n) is 3.28. The number of carboxylic acid groups (broad SMARTS) is 1. The molecule has 0 aromatic carbocycles. The number of furan rings is 1. The second-order valence-electron chi connectivity index (χ2n) is 6.35. The van der Waals surface area contributed by atoms with E-state index in [1.165, 1.54) is 0 Å². The molecule has 2 unspecified atom stereocenters. The van der Waals surface area contributed by atoms with E-state index in [0.29, 0.717) is 0 Å². The number of aryl methyl sites for hydroxylation is 2. The van der Waals surface area contributed by atoms with Crippen molar-refractivity contribution in [2.75, 3.05) is 0 Å². The lowest BCUT2D eigenvalue weighted by atomic mass is 9.87. The van der Waals surface area contributed by atoms with Crippen LogP contribution in [0.3, 0.4) is 0 Å². The molecule has 0 saturated carbocycles. The topological polar surface area (TPSA) is 91.6 Å². The fraction of sp³-hybridized carbons (Fsp3) is 0.600. The first-order valence-electron chi connectivity index (χ1n) is 6.89. The lowest BCUT2D eigenvalue weighted by Gasteiger charge is -2.28. The minimum absolute atomic E-state index is 0.267. The number of nitrogens with one attached hydrogen (secondary N) is 2. The van der Waals surface area contributed by atoms with Crippen molar-refractivity contribution in [3.8, 4) is 0 Å². The summed E-state index contributed by atoms with van der Waals surface area (Å²) in [7, 11) is 0. The summed E-state index contributed by atoms with van der Waals surface area (Å²) in [5.74, 6) is 0.459. The maximum atomic E-state index is 12.0. The zero-order valence-electron chi connectivity index (χ0n) is 13.4. The summed E-state index contributed by atoms with van der Waals surface area (Å²) in [6.07, 6.45) is 0. The highest BCUT2D eigenvalue weighted by atomic mass is 16.4. The van der Waals surface area contributed by atoms with Crippen molar-refractivity contribution in [1.82, 2.24) is 10.6 Å². The van der Waals surface area contributed by atoms with E-state index in [4.69, 9.17) is 4.42 Å². The van der Waals surface area contributed by atoms with Gasteiger partial charge in [0.1, 0.15) is 17.6 Å². The van der Waals surface area contributed by atoms with Crippen LogP contribution < -0.4 is 10.6 Å². The quantitative estimate of drug-likeness (QED) is 0.796. The van der Waals surface area contributed by atoms with Crippen molar-refractivity contribution in [2.24, 2.45) is 5.41 Å². The average molecular weight is 296 g/mol. The predicted molar refractivity (Wildman–Crippen MR) is 79.1 cm³/mol. The van der Waals surface area contributed by atoms with Gasteiger partial charge in [0.05, 0.1) is 6.04 Å². The molecule has 0 saturated heterocycles. The highest BCUT2D eigenvalue weighted by Gasteiger charge is 2.32. The Bertz CT molecular complexity index is 528. The third kappa shape index (κ3) is 4.51. The fourth-order valence-electron chi connectivity index (χ4n) is 2.18. The van der Waals surface area contributed by atoms with Gasteiger partial charge in [0.15, 0.2) is 0 Å². The molecule has 0 radical (unpaired) electrons. The molecule has 21 heavy (non-hydrogen) atoms. The summed E-state index contributed by atoms with van der Waals surface area (Å²) in [4.78, 5) is 23.2. The first-order valence-corrected chi connectivity index (χ1v) is 6.89. The van der Waals surface area contributed by atoms with E-state index in [9.17, 15) is 14.7 Å². The highest BCUT2D eigenvalue weighted by molar-refractivity contribution is 5.83. The number of carbonyl (C=O) groups excluding carboxylic acids is 1. The Morgan fingerprint density at radius 1 is 1.24 bits per heavy atom. The molecule has 1 rings (SSSR count). The van der Waals surface area contributed by atoms with Crippen LogP contribution >= 0.6 is 0 Å². The van der Waals surface area contributed by atoms with Gasteiger partial charge < -0.3 is 20.2 Å². The van der Waals surface area contributed by atoms with Gasteiger partial charge in [-0.3, -0.25) is 0 Å². The molecule has 1 aromatic heterocycles. The normalized spacial score (nSPS) is 14.4. The van der Waals surface area contributed by atoms with Crippen LogP contribution in [0.15, 0.2) is 10.5 Å². The standard InChI is InChI=1S/C15H24N2O4/c1-8-7-11(10(3)21-8)9(2)16-14(20)17-12(13(18)19)15(4,5)6/h7,9,12H,1-6H3,(H,18,19)(H2,16,17,20). The summed E-state index contributed by atoms with van der Waals surface area (Å²) >= 11 is 0. The Kier molecular flexibility index (Phi) is 5.04. The van der Waals surface area contributed by atoms with Crippen LogP contribution in [0.1, 0.15) is 50.8 Å². The monoisotopic (exact) mass is 296 g/mol. The zero-order chi connectivity index (χ0) is 16.4. The molecule has 118 valence electrons. The van der Waals surface area contributed by atoms with Gasteiger partial charge in [0.2, 0.25) is 0 Å². The van der Waals surface area contributed by atoms with Gasteiger partial charge in [-0.1, -0.05) is 20.8 Å². The van der Waals surface area contributed by atoms with Crippen molar-refractivity contribution in [3.63, 3.8) is 0 Å². The Balaban J connectivity index is 2.73. The lowest BCUT2D eigenvalue weighted by Crippen LogP contribution is -2.52. The van der Waals surface area contributed by atoms with E-state index in [2.05, 4.69) is 10.6 Å². The maximum absolute atomic E-state index is 12.0. The summed E-state index contributed by atoms with van der Waals surface area (Å²) < 4.78 is 5.42. The molecule has 6 heteroatoms. The van der Waals surface area contributed by atoms with Crippen molar-refractivity contribution < 1.29 is 19.1 Å². The predicted octanol–water partition coefficient (Wildman–Crippen LogP) is 2.76. The van der Waals surface area contributed by atoms with Crippen LogP contribution in [-0.4, -0.2) is 23.1 Å². The molecule has 0 aliphatic heterocycles. The summed E-state index contributed by atoms with van der Waals surface area (Å²) in [5.41, 5.74) is 0.305. The van der Waals surface area contributed by atoms with Gasteiger partial charge in [-0.25, -0.2) is 9.59 Å². The molecule has 1 heterocycles. The first kappa shape index (κ1) is 17.1. The van der Waals surface area contributed by atoms with Crippen molar-refractivity contribution in [2.45, 2.75) is 53.6 Å². The van der Waals surface area contributed by atoms with Gasteiger partial charge in [-0.2, -0.15) is 0 Å². The molecule has 0 bridgehead atoms. The summed E-state index contributed by atoms with van der Waals surface area (Å²) in [6, 6.07) is 0.121. The number of hydrogen-bond donors (Lipinski definition) is 3. The van der Waals surface area contributed by atoms with Gasteiger partial charge in [0, 0.05) is 5.56 Å². The SMILES string of the molecule is Cc1cc(C(C)NC(=O)NC(C(=O)O)C(C)(C)C)c(C)o1. The molecule has 3 N–H and O–H groups in total. The largest absolute Gasteiger partial charge is 0.480 e. The van der Waals surface area contributed by atoms with Crippen molar-refractivity contribution in [1.29, 1.82) is 0 Å². The number of hydrogen-bond acceptors (Lipinski definition) is 3. The number of aliphatic carboxylic acids is 1. The van der Waals surface area contributed by atoms with Crippen molar-refractivity contribution in [3.05, 3.63) is 23.2 Å². The minimum atomic E-state index is -1.05. The average Bonchev–Trinajstić information content (AvgIpc) is 2.63. The number of carboxylic acids is 1. The minimum Gasteiger partial charge on any atom is -0.480 e. The van der Waals surface area contributed by atoms with E-state index in [1.54, 1.807) is 20.8 Å². The van der Waals surface area contributed by atoms with Crippen LogP contribution in [0, 0.1) is 19.3 Å².